The summed E-state index contributed by atoms with van der Waals surface area (Å²) in [6, 6.07) is 11.7. The number of fused-ring (bicyclic) bond motifs is 1. The number of amides is 1. The molecule has 2 aromatic carbocycles. The predicted octanol–water partition coefficient (Wildman–Crippen LogP) is 4.52. The molecule has 0 bridgehead atoms. The largest absolute Gasteiger partial charge is 0.497 e. The Morgan fingerprint density at radius 2 is 1.80 bits per heavy atom. The minimum atomic E-state index is -0.0200. The van der Waals surface area contributed by atoms with Gasteiger partial charge in [0.05, 0.1) is 20.3 Å². The summed E-state index contributed by atoms with van der Waals surface area (Å²) >= 11 is 0. The van der Waals surface area contributed by atoms with Gasteiger partial charge in [0.25, 0.3) is 0 Å². The number of ketones is 1. The van der Waals surface area contributed by atoms with Gasteiger partial charge in [-0.25, -0.2) is 0 Å². The molecule has 0 N–H and O–H groups in total. The molecule has 5 heteroatoms. The average molecular weight is 408 g/mol. The molecule has 0 aromatic heterocycles. The molecule has 158 valence electrons. The van der Waals surface area contributed by atoms with Gasteiger partial charge in [-0.1, -0.05) is 12.1 Å². The van der Waals surface area contributed by atoms with Crippen molar-refractivity contribution in [1.29, 1.82) is 0 Å². The molecule has 0 saturated carbocycles. The Balaban J connectivity index is 1.42. The van der Waals surface area contributed by atoms with Crippen molar-refractivity contribution in [3.63, 3.8) is 0 Å². The first-order chi connectivity index (χ1) is 14.6. The van der Waals surface area contributed by atoms with Gasteiger partial charge >= 0.3 is 0 Å². The zero-order chi connectivity index (χ0) is 21.1. The van der Waals surface area contributed by atoms with Crippen LogP contribution in [0.2, 0.25) is 0 Å². The molecule has 5 nitrogen and oxygen atoms in total. The summed E-state index contributed by atoms with van der Waals surface area (Å²) in [7, 11) is 3.26. The molecule has 1 aliphatic heterocycles. The third kappa shape index (κ3) is 4.07. The molecule has 1 aliphatic carbocycles. The van der Waals surface area contributed by atoms with E-state index in [0.29, 0.717) is 6.54 Å². The Bertz CT molecular complexity index is 952. The van der Waals surface area contributed by atoms with Crippen molar-refractivity contribution in [3.8, 4) is 11.5 Å². The highest BCUT2D eigenvalue weighted by molar-refractivity contribution is 5.98. The number of methoxy groups -OCH3 is 2. The summed E-state index contributed by atoms with van der Waals surface area (Å²) in [5.74, 6) is 1.54. The summed E-state index contributed by atoms with van der Waals surface area (Å²) in [6.45, 7) is 0.714. The number of Topliss-reactive ketones (excluding diaryl/α,β-unsaturated/α-hetero) is 1. The molecule has 2 aliphatic rings. The van der Waals surface area contributed by atoms with Gasteiger partial charge in [-0.2, -0.15) is 0 Å². The summed E-state index contributed by atoms with van der Waals surface area (Å²) in [4.78, 5) is 27.6. The number of rotatable bonds is 7. The SMILES string of the molecule is COc1ccc(C2CCCN2C(=O)CCC(=O)c2ccc3c(c2)CCC3)c(OC)c1. The molecule has 0 radical (unpaired) electrons. The molecule has 1 saturated heterocycles. The van der Waals surface area contributed by atoms with Crippen LogP contribution in [0.25, 0.3) is 0 Å². The fourth-order valence-electron chi connectivity index (χ4n) is 4.74. The maximum absolute atomic E-state index is 13.0. The summed E-state index contributed by atoms with van der Waals surface area (Å²) in [6.07, 6.45) is 5.65. The Hall–Kier alpha value is -2.82. The van der Waals surface area contributed by atoms with E-state index in [0.717, 1.165) is 54.7 Å². The quantitative estimate of drug-likeness (QED) is 0.633. The lowest BCUT2D eigenvalue weighted by Crippen LogP contribution is -2.31. The molecule has 30 heavy (non-hydrogen) atoms. The van der Waals surface area contributed by atoms with E-state index in [-0.39, 0.29) is 30.6 Å². The summed E-state index contributed by atoms with van der Waals surface area (Å²) in [5.41, 5.74) is 4.38. The summed E-state index contributed by atoms with van der Waals surface area (Å²) in [5, 5.41) is 0. The van der Waals surface area contributed by atoms with Crippen LogP contribution in [-0.2, 0) is 17.6 Å². The second-order valence-electron chi connectivity index (χ2n) is 8.11. The first kappa shape index (κ1) is 20.5. The number of ether oxygens (including phenoxy) is 2. The van der Waals surface area contributed by atoms with Gasteiger partial charge in [0.1, 0.15) is 11.5 Å². The molecule has 2 aromatic rings. The second kappa shape index (κ2) is 8.90. The topological polar surface area (TPSA) is 55.8 Å². The predicted molar refractivity (Wildman–Crippen MR) is 115 cm³/mol. The van der Waals surface area contributed by atoms with Crippen molar-refractivity contribution in [2.24, 2.45) is 0 Å². The third-order valence-corrected chi connectivity index (χ3v) is 6.36. The van der Waals surface area contributed by atoms with Crippen LogP contribution in [0.5, 0.6) is 11.5 Å². The number of benzene rings is 2. The van der Waals surface area contributed by atoms with Gasteiger partial charge in [-0.15, -0.1) is 0 Å². The molecule has 1 fully saturated rings. The Morgan fingerprint density at radius 3 is 2.60 bits per heavy atom. The van der Waals surface area contributed by atoms with Crippen molar-refractivity contribution >= 4 is 11.7 Å². The van der Waals surface area contributed by atoms with E-state index in [4.69, 9.17) is 9.47 Å². The highest BCUT2D eigenvalue weighted by Gasteiger charge is 2.32. The lowest BCUT2D eigenvalue weighted by atomic mass is 10.0. The van der Waals surface area contributed by atoms with E-state index in [1.807, 2.05) is 35.2 Å². The minimum absolute atomic E-state index is 0.0200. The first-order valence-corrected chi connectivity index (χ1v) is 10.8. The van der Waals surface area contributed by atoms with Gasteiger partial charge in [0.2, 0.25) is 5.91 Å². The van der Waals surface area contributed by atoms with Crippen molar-refractivity contribution in [3.05, 3.63) is 58.7 Å². The highest BCUT2D eigenvalue weighted by Crippen LogP contribution is 2.39. The van der Waals surface area contributed by atoms with E-state index in [1.54, 1.807) is 14.2 Å². The van der Waals surface area contributed by atoms with Crippen LogP contribution in [0.15, 0.2) is 36.4 Å². The maximum Gasteiger partial charge on any atom is 0.223 e. The van der Waals surface area contributed by atoms with E-state index >= 15 is 0 Å². The van der Waals surface area contributed by atoms with Crippen LogP contribution in [0.4, 0.5) is 0 Å². The Labute approximate surface area is 178 Å². The van der Waals surface area contributed by atoms with Gasteiger partial charge in [0, 0.05) is 36.6 Å². The lowest BCUT2D eigenvalue weighted by Gasteiger charge is -2.26. The van der Waals surface area contributed by atoms with Gasteiger partial charge < -0.3 is 14.4 Å². The number of likely N-dealkylation sites (tertiary alicyclic amines) is 1. The van der Waals surface area contributed by atoms with Crippen LogP contribution < -0.4 is 9.47 Å². The number of carbonyl (C=O) groups excluding carboxylic acids is 2. The molecular formula is C25H29NO4. The van der Waals surface area contributed by atoms with E-state index < -0.39 is 0 Å². The van der Waals surface area contributed by atoms with E-state index in [1.165, 1.54) is 11.1 Å². The molecule has 0 spiro atoms. The van der Waals surface area contributed by atoms with Crippen molar-refractivity contribution in [1.82, 2.24) is 4.90 Å². The van der Waals surface area contributed by atoms with Gasteiger partial charge in [0.15, 0.2) is 5.78 Å². The Morgan fingerprint density at radius 1 is 0.967 bits per heavy atom. The second-order valence-corrected chi connectivity index (χ2v) is 8.11. The Kier molecular flexibility index (Phi) is 6.07. The molecule has 1 heterocycles. The van der Waals surface area contributed by atoms with Crippen LogP contribution >= 0.6 is 0 Å². The van der Waals surface area contributed by atoms with E-state index in [2.05, 4.69) is 6.07 Å². The van der Waals surface area contributed by atoms with Gasteiger partial charge in [-0.3, -0.25) is 9.59 Å². The fraction of sp³-hybridized carbons (Fsp3) is 0.440. The average Bonchev–Trinajstić information content (AvgIpc) is 3.45. The molecule has 1 unspecified atom stereocenters. The monoisotopic (exact) mass is 407 g/mol. The number of carbonyl (C=O) groups is 2. The van der Waals surface area contributed by atoms with E-state index in [9.17, 15) is 9.59 Å². The van der Waals surface area contributed by atoms with Crippen molar-refractivity contribution in [2.75, 3.05) is 20.8 Å². The number of nitrogens with zero attached hydrogens (tertiary/aromatic N) is 1. The molecule has 4 rings (SSSR count). The zero-order valence-electron chi connectivity index (χ0n) is 17.8. The smallest absolute Gasteiger partial charge is 0.223 e. The van der Waals surface area contributed by atoms with Crippen molar-refractivity contribution in [2.45, 2.75) is 51.0 Å². The molecular weight excluding hydrogens is 378 g/mol. The molecule has 1 atom stereocenters. The number of aryl methyl sites for hydroxylation is 2. The lowest BCUT2D eigenvalue weighted by molar-refractivity contribution is -0.132. The van der Waals surface area contributed by atoms with Crippen LogP contribution in [-0.4, -0.2) is 37.4 Å². The standard InChI is InChI=1S/C25H29NO4/c1-29-20-10-11-21(24(16-20)30-2)22-7-4-14-26(22)25(28)13-12-23(27)19-9-8-17-5-3-6-18(17)15-19/h8-11,15-16,22H,3-7,12-14H2,1-2H3. The van der Waals surface area contributed by atoms with Gasteiger partial charge in [-0.05, 0) is 61.4 Å². The molecule has 1 amide bonds. The number of hydrogen-bond acceptors (Lipinski definition) is 4. The zero-order valence-corrected chi connectivity index (χ0v) is 17.8. The van der Waals surface area contributed by atoms with Crippen molar-refractivity contribution < 1.29 is 19.1 Å². The first-order valence-electron chi connectivity index (χ1n) is 10.8. The normalized spacial score (nSPS) is 17.7. The summed E-state index contributed by atoms with van der Waals surface area (Å²) < 4.78 is 10.8. The minimum Gasteiger partial charge on any atom is -0.497 e. The van der Waals surface area contributed by atoms with Crippen LogP contribution in [0.1, 0.15) is 65.2 Å². The van der Waals surface area contributed by atoms with Crippen LogP contribution in [0, 0.1) is 0 Å². The van der Waals surface area contributed by atoms with Crippen LogP contribution in [0.3, 0.4) is 0 Å². The third-order valence-electron chi connectivity index (χ3n) is 6.36. The fourth-order valence-corrected chi connectivity index (χ4v) is 4.74. The number of hydrogen-bond donors (Lipinski definition) is 0. The highest BCUT2D eigenvalue weighted by atomic mass is 16.5. The maximum atomic E-state index is 13.0.